The van der Waals surface area contributed by atoms with Crippen molar-refractivity contribution in [3.8, 4) is 11.7 Å². The number of aryl methyl sites for hydroxylation is 1. The quantitative estimate of drug-likeness (QED) is 0.461. The molecule has 0 saturated heterocycles. The van der Waals surface area contributed by atoms with Crippen LogP contribution in [0.15, 0.2) is 45.4 Å². The monoisotopic (exact) mass is 370 g/mol. The third-order valence-electron chi connectivity index (χ3n) is 3.96. The Balaban J connectivity index is 1.87. The topological polar surface area (TPSA) is 116 Å². The van der Waals surface area contributed by atoms with Crippen molar-refractivity contribution >= 4 is 11.6 Å². The van der Waals surface area contributed by atoms with E-state index >= 15 is 0 Å². The Morgan fingerprint density at radius 3 is 2.74 bits per heavy atom. The zero-order chi connectivity index (χ0) is 19.4. The third-order valence-corrected chi connectivity index (χ3v) is 3.96. The van der Waals surface area contributed by atoms with Gasteiger partial charge in [0.05, 0.1) is 17.7 Å². The fourth-order valence-corrected chi connectivity index (χ4v) is 2.75. The van der Waals surface area contributed by atoms with E-state index in [2.05, 4.69) is 10.2 Å². The van der Waals surface area contributed by atoms with E-state index in [1.54, 1.807) is 31.2 Å². The molecular formula is C18H18N4O5. The number of hydrogen-bond acceptors (Lipinski definition) is 7. The number of hydrogen-bond donors (Lipinski definition) is 0. The standard InChI is InChI=1S/C18H18N4O5/c1-3-9-21(11-15-19-20-17(27-15)14-8-5-10-26-14)18(23)13-7-4-6-12(2)16(13)22(24)25/h4-8,10H,3,9,11H2,1-2H3. The van der Waals surface area contributed by atoms with Gasteiger partial charge in [0, 0.05) is 12.1 Å². The molecule has 0 spiro atoms. The molecule has 0 radical (unpaired) electrons. The Hall–Kier alpha value is -3.49. The molecule has 0 atom stereocenters. The fourth-order valence-electron chi connectivity index (χ4n) is 2.75. The molecular weight excluding hydrogens is 352 g/mol. The van der Waals surface area contributed by atoms with Crippen LogP contribution in [-0.4, -0.2) is 32.5 Å². The summed E-state index contributed by atoms with van der Waals surface area (Å²) in [5.74, 6) is 0.403. The van der Waals surface area contributed by atoms with E-state index in [0.717, 1.165) is 0 Å². The summed E-state index contributed by atoms with van der Waals surface area (Å²) in [5.41, 5.74) is 0.282. The smallest absolute Gasteiger partial charge is 0.285 e. The van der Waals surface area contributed by atoms with Crippen LogP contribution < -0.4 is 0 Å². The van der Waals surface area contributed by atoms with E-state index in [0.29, 0.717) is 24.3 Å². The maximum absolute atomic E-state index is 13.0. The molecule has 0 fully saturated rings. The van der Waals surface area contributed by atoms with Crippen molar-refractivity contribution in [2.24, 2.45) is 0 Å². The number of carbonyl (C=O) groups excluding carboxylic acids is 1. The first-order valence-electron chi connectivity index (χ1n) is 8.40. The van der Waals surface area contributed by atoms with Crippen molar-refractivity contribution in [1.29, 1.82) is 0 Å². The summed E-state index contributed by atoms with van der Waals surface area (Å²) < 4.78 is 10.8. The summed E-state index contributed by atoms with van der Waals surface area (Å²) in [6, 6.07) is 8.07. The highest BCUT2D eigenvalue weighted by Crippen LogP contribution is 2.25. The van der Waals surface area contributed by atoms with Crippen molar-refractivity contribution in [2.45, 2.75) is 26.8 Å². The zero-order valence-corrected chi connectivity index (χ0v) is 14.9. The zero-order valence-electron chi connectivity index (χ0n) is 14.9. The minimum absolute atomic E-state index is 0.0409. The molecule has 9 heteroatoms. The Bertz CT molecular complexity index is 949. The van der Waals surface area contributed by atoms with Gasteiger partial charge in [0.15, 0.2) is 5.76 Å². The van der Waals surface area contributed by atoms with Gasteiger partial charge in [0.1, 0.15) is 5.56 Å². The molecule has 3 aromatic rings. The molecule has 2 aromatic heterocycles. The molecule has 2 heterocycles. The molecule has 0 N–H and O–H groups in total. The predicted molar refractivity (Wildman–Crippen MR) is 94.9 cm³/mol. The van der Waals surface area contributed by atoms with E-state index < -0.39 is 10.8 Å². The molecule has 140 valence electrons. The second kappa shape index (κ2) is 7.81. The molecule has 0 aliphatic heterocycles. The van der Waals surface area contributed by atoms with Crippen molar-refractivity contribution in [2.75, 3.05) is 6.54 Å². The summed E-state index contributed by atoms with van der Waals surface area (Å²) in [6.07, 6.45) is 2.16. The predicted octanol–water partition coefficient (Wildman–Crippen LogP) is 3.60. The number of furan rings is 1. The van der Waals surface area contributed by atoms with Gasteiger partial charge in [-0.1, -0.05) is 19.1 Å². The van der Waals surface area contributed by atoms with Gasteiger partial charge >= 0.3 is 0 Å². The van der Waals surface area contributed by atoms with Crippen LogP contribution in [0, 0.1) is 17.0 Å². The number of rotatable bonds is 7. The van der Waals surface area contributed by atoms with Crippen molar-refractivity contribution in [3.05, 3.63) is 63.7 Å². The van der Waals surface area contributed by atoms with Gasteiger partial charge in [-0.25, -0.2) is 0 Å². The molecule has 0 bridgehead atoms. The summed E-state index contributed by atoms with van der Waals surface area (Å²) in [5, 5.41) is 19.3. The minimum atomic E-state index is -0.533. The lowest BCUT2D eigenvalue weighted by Gasteiger charge is -2.20. The second-order valence-corrected chi connectivity index (χ2v) is 5.93. The van der Waals surface area contributed by atoms with Crippen LogP contribution >= 0.6 is 0 Å². The van der Waals surface area contributed by atoms with Crippen molar-refractivity contribution in [3.63, 3.8) is 0 Å². The first-order chi connectivity index (χ1) is 13.0. The van der Waals surface area contributed by atoms with Gasteiger partial charge in [-0.05, 0) is 31.5 Å². The van der Waals surface area contributed by atoms with Gasteiger partial charge in [-0.15, -0.1) is 10.2 Å². The first-order valence-corrected chi connectivity index (χ1v) is 8.40. The van der Waals surface area contributed by atoms with E-state index in [-0.39, 0.29) is 29.6 Å². The maximum Gasteiger partial charge on any atom is 0.285 e. The second-order valence-electron chi connectivity index (χ2n) is 5.93. The number of nitro benzene ring substituents is 1. The lowest BCUT2D eigenvalue weighted by Crippen LogP contribution is -2.32. The van der Waals surface area contributed by atoms with Crippen LogP contribution in [0.3, 0.4) is 0 Å². The van der Waals surface area contributed by atoms with Crippen LogP contribution in [-0.2, 0) is 6.54 Å². The van der Waals surface area contributed by atoms with Gasteiger partial charge in [-0.3, -0.25) is 14.9 Å². The fraction of sp³-hybridized carbons (Fsp3) is 0.278. The molecule has 9 nitrogen and oxygen atoms in total. The van der Waals surface area contributed by atoms with Crippen LogP contribution in [0.5, 0.6) is 0 Å². The number of benzene rings is 1. The molecule has 3 rings (SSSR count). The Labute approximate surface area is 154 Å². The number of nitrogens with zero attached hydrogens (tertiary/aromatic N) is 4. The van der Waals surface area contributed by atoms with Crippen molar-refractivity contribution < 1.29 is 18.6 Å². The van der Waals surface area contributed by atoms with Gasteiger partial charge in [-0.2, -0.15) is 0 Å². The Morgan fingerprint density at radius 2 is 2.07 bits per heavy atom. The van der Waals surface area contributed by atoms with Crippen LogP contribution in [0.1, 0.15) is 35.2 Å². The molecule has 0 saturated carbocycles. The molecule has 0 unspecified atom stereocenters. The van der Waals surface area contributed by atoms with E-state index in [1.807, 2.05) is 6.92 Å². The number of amides is 1. The van der Waals surface area contributed by atoms with Crippen LogP contribution in [0.2, 0.25) is 0 Å². The van der Waals surface area contributed by atoms with E-state index in [1.165, 1.54) is 17.2 Å². The Kier molecular flexibility index (Phi) is 5.30. The van der Waals surface area contributed by atoms with Gasteiger partial charge in [0.2, 0.25) is 5.89 Å². The summed E-state index contributed by atoms with van der Waals surface area (Å²) >= 11 is 0. The highest BCUT2D eigenvalue weighted by atomic mass is 16.6. The number of para-hydroxylation sites is 1. The SMILES string of the molecule is CCCN(Cc1nnc(-c2ccco2)o1)C(=O)c1cccc(C)c1[N+](=O)[O-]. The molecule has 27 heavy (non-hydrogen) atoms. The van der Waals surface area contributed by atoms with E-state index in [4.69, 9.17) is 8.83 Å². The molecule has 0 aliphatic carbocycles. The molecule has 1 amide bonds. The highest BCUT2D eigenvalue weighted by molar-refractivity contribution is 5.98. The van der Waals surface area contributed by atoms with Gasteiger partial charge < -0.3 is 13.7 Å². The molecule has 0 aliphatic rings. The largest absolute Gasteiger partial charge is 0.459 e. The third kappa shape index (κ3) is 3.86. The number of carbonyl (C=O) groups is 1. The van der Waals surface area contributed by atoms with E-state index in [9.17, 15) is 14.9 Å². The highest BCUT2D eigenvalue weighted by Gasteiger charge is 2.27. The minimum Gasteiger partial charge on any atom is -0.459 e. The number of nitro groups is 1. The lowest BCUT2D eigenvalue weighted by molar-refractivity contribution is -0.385. The average molecular weight is 370 g/mol. The Morgan fingerprint density at radius 1 is 1.26 bits per heavy atom. The molecule has 1 aromatic carbocycles. The maximum atomic E-state index is 13.0. The summed E-state index contributed by atoms with van der Waals surface area (Å²) in [4.78, 5) is 25.3. The van der Waals surface area contributed by atoms with Crippen LogP contribution in [0.4, 0.5) is 5.69 Å². The number of aromatic nitrogens is 2. The average Bonchev–Trinajstić information content (AvgIpc) is 3.31. The summed E-state index contributed by atoms with van der Waals surface area (Å²) in [7, 11) is 0. The van der Waals surface area contributed by atoms with Crippen LogP contribution in [0.25, 0.3) is 11.7 Å². The first kappa shape index (κ1) is 18.3. The van der Waals surface area contributed by atoms with Crippen molar-refractivity contribution in [1.82, 2.24) is 15.1 Å². The summed E-state index contributed by atoms with van der Waals surface area (Å²) in [6.45, 7) is 3.95. The lowest BCUT2D eigenvalue weighted by atomic mass is 10.1. The normalized spacial score (nSPS) is 10.7. The van der Waals surface area contributed by atoms with Gasteiger partial charge in [0.25, 0.3) is 17.5 Å².